The zero-order chi connectivity index (χ0) is 27.9. The first-order valence-electron chi connectivity index (χ1n) is 12.3. The Morgan fingerprint density at radius 3 is 1.97 bits per heavy atom. The van der Waals surface area contributed by atoms with Gasteiger partial charge in [-0.25, -0.2) is 4.79 Å². The number of hydrogen-bond donors (Lipinski definition) is 2. The first-order chi connectivity index (χ1) is 18.8. The van der Waals surface area contributed by atoms with Crippen LogP contribution in [-0.4, -0.2) is 50.0 Å². The standard InChI is InChI=1S/C28H27NO10/c1-3-4-11-35-28(34)24-13-18(32)26-20(8-6-10-22(26)39-24)37-15-16(30)14-36-19-7-5-9-21-25(19)17(31)12-23(38-21)27(33)29-2/h5-10,12-13,16,30H,3-4,11,14-15H2,1-2H3,(H,29,33). The molecule has 11 heteroatoms. The minimum Gasteiger partial charge on any atom is -0.490 e. The van der Waals surface area contributed by atoms with E-state index in [2.05, 4.69) is 5.32 Å². The average molecular weight is 538 g/mol. The summed E-state index contributed by atoms with van der Waals surface area (Å²) in [6, 6.07) is 11.4. The Labute approximate surface area is 221 Å². The first-order valence-corrected chi connectivity index (χ1v) is 12.3. The number of benzene rings is 2. The quantitative estimate of drug-likeness (QED) is 0.215. The lowest BCUT2D eigenvalue weighted by atomic mass is 10.2. The second-order valence-corrected chi connectivity index (χ2v) is 8.55. The summed E-state index contributed by atoms with van der Waals surface area (Å²) in [5.74, 6) is -1.31. The molecule has 1 atom stereocenters. The molecule has 4 rings (SSSR count). The van der Waals surface area contributed by atoms with Crippen molar-refractivity contribution in [3.8, 4) is 11.5 Å². The number of ether oxygens (including phenoxy) is 3. The van der Waals surface area contributed by atoms with Gasteiger partial charge in [-0.15, -0.1) is 0 Å². The fourth-order valence-electron chi connectivity index (χ4n) is 3.73. The zero-order valence-electron chi connectivity index (χ0n) is 21.4. The molecule has 2 aromatic heterocycles. The number of hydrogen-bond acceptors (Lipinski definition) is 10. The molecule has 2 aromatic carbocycles. The van der Waals surface area contributed by atoms with Crippen LogP contribution in [0.2, 0.25) is 0 Å². The molecule has 0 fully saturated rings. The van der Waals surface area contributed by atoms with E-state index in [-0.39, 0.29) is 64.8 Å². The molecule has 4 aromatic rings. The molecule has 39 heavy (non-hydrogen) atoms. The maximum absolute atomic E-state index is 12.8. The van der Waals surface area contributed by atoms with Crippen molar-refractivity contribution in [2.75, 3.05) is 26.9 Å². The van der Waals surface area contributed by atoms with Gasteiger partial charge in [-0.2, -0.15) is 0 Å². The number of carbonyl (C=O) groups excluding carboxylic acids is 2. The van der Waals surface area contributed by atoms with Crippen molar-refractivity contribution in [1.29, 1.82) is 0 Å². The number of unbranched alkanes of at least 4 members (excludes halogenated alkanes) is 1. The molecule has 11 nitrogen and oxygen atoms in total. The van der Waals surface area contributed by atoms with Crippen LogP contribution >= 0.6 is 0 Å². The highest BCUT2D eigenvalue weighted by Crippen LogP contribution is 2.25. The zero-order valence-corrected chi connectivity index (χ0v) is 21.4. The lowest BCUT2D eigenvalue weighted by Gasteiger charge is -2.15. The average Bonchev–Trinajstić information content (AvgIpc) is 2.94. The number of amides is 1. The number of nitrogens with one attached hydrogen (secondary N) is 1. The van der Waals surface area contributed by atoms with Gasteiger partial charge in [0.15, 0.2) is 16.6 Å². The van der Waals surface area contributed by atoms with Crippen molar-refractivity contribution in [1.82, 2.24) is 5.32 Å². The van der Waals surface area contributed by atoms with E-state index in [1.165, 1.54) is 31.3 Å². The summed E-state index contributed by atoms with van der Waals surface area (Å²) in [5.41, 5.74) is -0.696. The predicted molar refractivity (Wildman–Crippen MR) is 141 cm³/mol. The molecule has 0 radical (unpaired) electrons. The monoisotopic (exact) mass is 537 g/mol. The Morgan fingerprint density at radius 2 is 1.44 bits per heavy atom. The summed E-state index contributed by atoms with van der Waals surface area (Å²) in [6.07, 6.45) is 0.400. The minimum atomic E-state index is -1.15. The first kappa shape index (κ1) is 27.4. The SMILES string of the molecule is CCCCOC(=O)c1cc(=O)c2c(OCC(O)COc3cccc4oc(C(=O)NC)cc(=O)c34)cccc2o1. The maximum Gasteiger partial charge on any atom is 0.374 e. The van der Waals surface area contributed by atoms with Crippen LogP contribution in [-0.2, 0) is 4.74 Å². The third kappa shape index (κ3) is 6.27. The van der Waals surface area contributed by atoms with Crippen molar-refractivity contribution < 1.29 is 37.7 Å². The van der Waals surface area contributed by atoms with Crippen LogP contribution in [0.15, 0.2) is 67.0 Å². The fourth-order valence-corrected chi connectivity index (χ4v) is 3.73. The highest BCUT2D eigenvalue weighted by molar-refractivity contribution is 5.94. The number of aliphatic hydroxyl groups is 1. The second kappa shape index (κ2) is 12.3. The molecular formula is C28H27NO10. The molecule has 0 saturated heterocycles. The van der Waals surface area contributed by atoms with Crippen molar-refractivity contribution in [3.63, 3.8) is 0 Å². The van der Waals surface area contributed by atoms with Crippen LogP contribution in [0.3, 0.4) is 0 Å². The van der Waals surface area contributed by atoms with Gasteiger partial charge in [0.05, 0.1) is 6.61 Å². The van der Waals surface area contributed by atoms with Crippen molar-refractivity contribution >= 4 is 33.8 Å². The van der Waals surface area contributed by atoms with Crippen molar-refractivity contribution in [3.05, 3.63) is 80.5 Å². The highest BCUT2D eigenvalue weighted by atomic mass is 16.5. The number of carbonyl (C=O) groups is 2. The summed E-state index contributed by atoms with van der Waals surface area (Å²) >= 11 is 0. The van der Waals surface area contributed by atoms with E-state index < -0.39 is 28.8 Å². The van der Waals surface area contributed by atoms with Crippen LogP contribution in [0.1, 0.15) is 40.9 Å². The summed E-state index contributed by atoms with van der Waals surface area (Å²) in [5, 5.41) is 13.1. The molecule has 1 unspecified atom stereocenters. The molecule has 204 valence electrons. The Kier molecular flexibility index (Phi) is 8.62. The summed E-state index contributed by atoms with van der Waals surface area (Å²) in [4.78, 5) is 49.4. The molecule has 0 bridgehead atoms. The lowest BCUT2D eigenvalue weighted by molar-refractivity contribution is 0.0464. The van der Waals surface area contributed by atoms with Gasteiger partial charge in [-0.05, 0) is 30.7 Å². The number of fused-ring (bicyclic) bond motifs is 2. The van der Waals surface area contributed by atoms with E-state index in [4.69, 9.17) is 23.0 Å². The van der Waals surface area contributed by atoms with E-state index in [1.807, 2.05) is 6.92 Å². The van der Waals surface area contributed by atoms with Crippen LogP contribution < -0.4 is 25.6 Å². The lowest BCUT2D eigenvalue weighted by Crippen LogP contribution is -2.25. The highest BCUT2D eigenvalue weighted by Gasteiger charge is 2.18. The van der Waals surface area contributed by atoms with E-state index in [1.54, 1.807) is 12.1 Å². The third-order valence-corrected chi connectivity index (χ3v) is 5.68. The van der Waals surface area contributed by atoms with Gasteiger partial charge >= 0.3 is 5.97 Å². The van der Waals surface area contributed by atoms with Gasteiger partial charge in [0, 0.05) is 19.2 Å². The van der Waals surface area contributed by atoms with E-state index in [0.717, 1.165) is 18.6 Å². The Hall–Kier alpha value is -4.64. The Bertz CT molecular complexity index is 1620. The molecule has 0 aliphatic rings. The molecule has 0 aliphatic heterocycles. The van der Waals surface area contributed by atoms with Crippen LogP contribution in [0, 0.1) is 0 Å². The summed E-state index contributed by atoms with van der Waals surface area (Å²) in [6.45, 7) is 1.69. The van der Waals surface area contributed by atoms with Crippen LogP contribution in [0.4, 0.5) is 0 Å². The van der Waals surface area contributed by atoms with Crippen LogP contribution in [0.25, 0.3) is 21.9 Å². The Morgan fingerprint density at radius 1 is 0.897 bits per heavy atom. The molecule has 2 N–H and O–H groups in total. The summed E-state index contributed by atoms with van der Waals surface area (Å²) in [7, 11) is 1.42. The largest absolute Gasteiger partial charge is 0.490 e. The van der Waals surface area contributed by atoms with Crippen molar-refractivity contribution in [2.45, 2.75) is 25.9 Å². The van der Waals surface area contributed by atoms with E-state index in [0.29, 0.717) is 6.42 Å². The molecule has 2 heterocycles. The number of esters is 1. The van der Waals surface area contributed by atoms with E-state index >= 15 is 0 Å². The molecule has 0 saturated carbocycles. The topological polar surface area (TPSA) is 155 Å². The number of rotatable bonds is 11. The summed E-state index contributed by atoms with van der Waals surface area (Å²) < 4.78 is 27.5. The Balaban J connectivity index is 1.45. The molecule has 1 amide bonds. The van der Waals surface area contributed by atoms with Gasteiger partial charge in [0.25, 0.3) is 5.91 Å². The predicted octanol–water partition coefficient (Wildman–Crippen LogP) is 3.03. The molecular weight excluding hydrogens is 510 g/mol. The maximum atomic E-state index is 12.8. The van der Waals surface area contributed by atoms with E-state index in [9.17, 15) is 24.3 Å². The van der Waals surface area contributed by atoms with Gasteiger partial charge in [-0.1, -0.05) is 25.5 Å². The number of aliphatic hydroxyl groups excluding tert-OH is 1. The van der Waals surface area contributed by atoms with Crippen LogP contribution in [0.5, 0.6) is 11.5 Å². The normalized spacial score (nSPS) is 11.8. The smallest absolute Gasteiger partial charge is 0.374 e. The fraction of sp³-hybridized carbons (Fsp3) is 0.286. The van der Waals surface area contributed by atoms with Gasteiger partial charge in [-0.3, -0.25) is 14.4 Å². The van der Waals surface area contributed by atoms with Crippen molar-refractivity contribution in [2.24, 2.45) is 0 Å². The third-order valence-electron chi connectivity index (χ3n) is 5.68. The molecule has 0 aliphatic carbocycles. The van der Waals surface area contributed by atoms with Gasteiger partial charge in [0.2, 0.25) is 5.76 Å². The van der Waals surface area contributed by atoms with Gasteiger partial charge < -0.3 is 33.5 Å². The second-order valence-electron chi connectivity index (χ2n) is 8.55. The van der Waals surface area contributed by atoms with Gasteiger partial charge in [0.1, 0.15) is 52.8 Å². The minimum absolute atomic E-state index is 0.106. The molecule has 0 spiro atoms.